The molecule has 6 nitrogen and oxygen atoms in total. The number of carbonyl (C=O) groups is 2. The van der Waals surface area contributed by atoms with Crippen molar-refractivity contribution in [3.8, 4) is 0 Å². The van der Waals surface area contributed by atoms with Gasteiger partial charge in [-0.15, -0.1) is 0 Å². The van der Waals surface area contributed by atoms with Gasteiger partial charge in [0, 0.05) is 29.4 Å². The summed E-state index contributed by atoms with van der Waals surface area (Å²) in [5.74, 6) is 1.18. The van der Waals surface area contributed by atoms with E-state index in [1.165, 1.54) is 32.6 Å². The quantitative estimate of drug-likeness (QED) is 0.373. The lowest BCUT2D eigenvalue weighted by Gasteiger charge is -2.36. The minimum atomic E-state index is -0.507. The van der Waals surface area contributed by atoms with Crippen molar-refractivity contribution in [1.29, 1.82) is 0 Å². The highest BCUT2D eigenvalue weighted by Crippen LogP contribution is 2.39. The molecule has 0 unspecified atom stereocenters. The molecular formula is C25H41N3O3. The Labute approximate surface area is 187 Å². The second-order valence-electron chi connectivity index (χ2n) is 11.0. The first-order chi connectivity index (χ1) is 14.3. The predicted molar refractivity (Wildman–Crippen MR) is 128 cm³/mol. The van der Waals surface area contributed by atoms with Crippen molar-refractivity contribution in [1.82, 2.24) is 0 Å². The molecule has 0 saturated heterocycles. The van der Waals surface area contributed by atoms with Gasteiger partial charge in [-0.05, 0) is 61.1 Å². The molecule has 1 aromatic carbocycles. The molecule has 0 bridgehead atoms. The van der Waals surface area contributed by atoms with Crippen LogP contribution in [-0.4, -0.2) is 25.2 Å². The molecule has 31 heavy (non-hydrogen) atoms. The number of benzene rings is 1. The van der Waals surface area contributed by atoms with E-state index in [0.29, 0.717) is 29.4 Å². The lowest BCUT2D eigenvalue weighted by atomic mass is 9.70. The van der Waals surface area contributed by atoms with Gasteiger partial charge in [-0.3, -0.25) is 9.59 Å². The molecule has 174 valence electrons. The van der Waals surface area contributed by atoms with Gasteiger partial charge in [0.1, 0.15) is 6.73 Å². The van der Waals surface area contributed by atoms with Crippen molar-refractivity contribution in [2.45, 2.75) is 74.1 Å². The third kappa shape index (κ3) is 8.52. The van der Waals surface area contributed by atoms with Gasteiger partial charge < -0.3 is 20.7 Å². The minimum absolute atomic E-state index is 0.0828. The standard InChI is InChI=1S/C25H41N3O3/c1-17(29)27-21-12-20(13-22(14-21)28-23(30)25(5,6)7)26-16-31-15-18-8-10-19(11-9-18)24(2,3)4/h12-14,18-19,26H,8-11,15-16H2,1-7H3,(H,27,29)(H,28,30)/t18-,19+. The smallest absolute Gasteiger partial charge is 0.229 e. The third-order valence-electron chi connectivity index (χ3n) is 6.00. The lowest BCUT2D eigenvalue weighted by molar-refractivity contribution is -0.123. The Bertz CT molecular complexity index is 754. The molecule has 0 aliphatic heterocycles. The molecule has 2 rings (SSSR count). The Balaban J connectivity index is 1.89. The first kappa shape index (κ1) is 25.2. The Morgan fingerprint density at radius 1 is 0.903 bits per heavy atom. The van der Waals surface area contributed by atoms with Crippen molar-refractivity contribution in [3.05, 3.63) is 18.2 Å². The summed E-state index contributed by atoms with van der Waals surface area (Å²) in [5.41, 5.74) is 1.93. The Morgan fingerprint density at radius 3 is 1.97 bits per heavy atom. The number of rotatable bonds is 7. The van der Waals surface area contributed by atoms with Crippen molar-refractivity contribution < 1.29 is 14.3 Å². The molecule has 0 atom stereocenters. The number of amides is 2. The summed E-state index contributed by atoms with van der Waals surface area (Å²) < 4.78 is 5.91. The summed E-state index contributed by atoms with van der Waals surface area (Å²) in [5, 5.41) is 8.97. The number of nitrogens with one attached hydrogen (secondary N) is 3. The molecule has 1 saturated carbocycles. The van der Waals surface area contributed by atoms with Crippen molar-refractivity contribution in [2.24, 2.45) is 22.7 Å². The highest BCUT2D eigenvalue weighted by molar-refractivity contribution is 5.96. The fraction of sp³-hybridized carbons (Fsp3) is 0.680. The summed E-state index contributed by atoms with van der Waals surface area (Å²) in [6.45, 7) is 15.2. The van der Waals surface area contributed by atoms with Gasteiger partial charge in [0.25, 0.3) is 0 Å². The normalized spacial score (nSPS) is 19.6. The molecule has 2 amide bonds. The van der Waals surface area contributed by atoms with Crippen molar-refractivity contribution >= 4 is 28.9 Å². The average molecular weight is 432 g/mol. The first-order valence-electron chi connectivity index (χ1n) is 11.4. The highest BCUT2D eigenvalue weighted by Gasteiger charge is 2.29. The molecule has 0 heterocycles. The van der Waals surface area contributed by atoms with Crippen LogP contribution < -0.4 is 16.0 Å². The predicted octanol–water partition coefficient (Wildman–Crippen LogP) is 5.87. The molecular weight excluding hydrogens is 390 g/mol. The van der Waals surface area contributed by atoms with E-state index in [0.717, 1.165) is 18.2 Å². The molecule has 3 N–H and O–H groups in total. The maximum Gasteiger partial charge on any atom is 0.229 e. The minimum Gasteiger partial charge on any atom is -0.363 e. The number of anilines is 3. The fourth-order valence-corrected chi connectivity index (χ4v) is 3.95. The van der Waals surface area contributed by atoms with Gasteiger partial charge in [-0.25, -0.2) is 0 Å². The van der Waals surface area contributed by atoms with Crippen molar-refractivity contribution in [2.75, 3.05) is 29.3 Å². The van der Waals surface area contributed by atoms with Crippen LogP contribution in [0.25, 0.3) is 0 Å². The summed E-state index contributed by atoms with van der Waals surface area (Å²) in [7, 11) is 0. The van der Waals surface area contributed by atoms with Gasteiger partial charge in [0.2, 0.25) is 11.8 Å². The van der Waals surface area contributed by atoms with Crippen LogP contribution >= 0.6 is 0 Å². The molecule has 6 heteroatoms. The second-order valence-corrected chi connectivity index (χ2v) is 11.0. The van der Waals surface area contributed by atoms with E-state index in [4.69, 9.17) is 4.74 Å². The summed E-state index contributed by atoms with van der Waals surface area (Å²) in [4.78, 5) is 23.8. The lowest BCUT2D eigenvalue weighted by Crippen LogP contribution is -2.28. The highest BCUT2D eigenvalue weighted by atomic mass is 16.5. The van der Waals surface area contributed by atoms with E-state index in [1.54, 1.807) is 6.07 Å². The van der Waals surface area contributed by atoms with E-state index in [9.17, 15) is 9.59 Å². The van der Waals surface area contributed by atoms with Crippen molar-refractivity contribution in [3.63, 3.8) is 0 Å². The van der Waals surface area contributed by atoms with Crippen LogP contribution in [0.15, 0.2) is 18.2 Å². The van der Waals surface area contributed by atoms with E-state index in [2.05, 4.69) is 36.7 Å². The summed E-state index contributed by atoms with van der Waals surface area (Å²) >= 11 is 0. The number of carbonyl (C=O) groups excluding carboxylic acids is 2. The fourth-order valence-electron chi connectivity index (χ4n) is 3.95. The zero-order valence-corrected chi connectivity index (χ0v) is 20.4. The van der Waals surface area contributed by atoms with Crippen LogP contribution in [0.5, 0.6) is 0 Å². The van der Waals surface area contributed by atoms with Crippen LogP contribution in [0, 0.1) is 22.7 Å². The first-order valence-corrected chi connectivity index (χ1v) is 11.4. The number of hydrogen-bond donors (Lipinski definition) is 3. The average Bonchev–Trinajstić information content (AvgIpc) is 2.63. The number of hydrogen-bond acceptors (Lipinski definition) is 4. The molecule has 0 radical (unpaired) electrons. The van der Waals surface area contributed by atoms with E-state index in [1.807, 2.05) is 32.9 Å². The van der Waals surface area contributed by atoms with Crippen LogP contribution in [0.4, 0.5) is 17.1 Å². The zero-order valence-electron chi connectivity index (χ0n) is 20.4. The number of ether oxygens (including phenoxy) is 1. The molecule has 1 aliphatic carbocycles. The third-order valence-corrected chi connectivity index (χ3v) is 6.00. The largest absolute Gasteiger partial charge is 0.363 e. The topological polar surface area (TPSA) is 79.5 Å². The summed E-state index contributed by atoms with van der Waals surface area (Å²) in [6, 6.07) is 5.45. The van der Waals surface area contributed by atoms with Gasteiger partial charge in [0.05, 0.1) is 6.61 Å². The van der Waals surface area contributed by atoms with Gasteiger partial charge in [0.15, 0.2) is 0 Å². The Kier molecular flexibility index (Phi) is 8.52. The Hall–Kier alpha value is -2.08. The van der Waals surface area contributed by atoms with Crippen LogP contribution in [0.3, 0.4) is 0 Å². The van der Waals surface area contributed by atoms with Gasteiger partial charge in [-0.1, -0.05) is 41.5 Å². The molecule has 0 aromatic heterocycles. The maximum absolute atomic E-state index is 12.4. The van der Waals surface area contributed by atoms with E-state index in [-0.39, 0.29) is 11.8 Å². The van der Waals surface area contributed by atoms with E-state index >= 15 is 0 Å². The molecule has 1 aliphatic rings. The van der Waals surface area contributed by atoms with Crippen LogP contribution in [0.2, 0.25) is 0 Å². The SMILES string of the molecule is CC(=O)Nc1cc(NCOC[C@H]2CC[C@@H](C(C)(C)C)CC2)cc(NC(=O)C(C)(C)C)c1. The Morgan fingerprint density at radius 2 is 1.45 bits per heavy atom. The van der Waals surface area contributed by atoms with Gasteiger partial charge in [-0.2, -0.15) is 0 Å². The monoisotopic (exact) mass is 431 g/mol. The zero-order chi connectivity index (χ0) is 23.2. The molecule has 1 fully saturated rings. The van der Waals surface area contributed by atoms with E-state index < -0.39 is 5.41 Å². The second kappa shape index (κ2) is 10.5. The molecule has 1 aromatic rings. The maximum atomic E-state index is 12.4. The summed E-state index contributed by atoms with van der Waals surface area (Å²) in [6.07, 6.45) is 5.01. The van der Waals surface area contributed by atoms with Crippen LogP contribution in [-0.2, 0) is 14.3 Å². The van der Waals surface area contributed by atoms with Crippen LogP contribution in [0.1, 0.15) is 74.1 Å². The van der Waals surface area contributed by atoms with Gasteiger partial charge >= 0.3 is 0 Å². The molecule has 0 spiro atoms.